The minimum Gasteiger partial charge on any atom is -0.492 e. The van der Waals surface area contributed by atoms with Gasteiger partial charge in [0.25, 0.3) is 0 Å². The summed E-state index contributed by atoms with van der Waals surface area (Å²) in [5, 5.41) is 0. The maximum atomic E-state index is 6.04. The number of ether oxygens (including phenoxy) is 6. The molecule has 2 aliphatic heterocycles. The zero-order valence-corrected chi connectivity index (χ0v) is 23.2. The molecule has 0 aromatic heterocycles. The van der Waals surface area contributed by atoms with E-state index in [9.17, 15) is 0 Å². The minimum atomic E-state index is -0.328. The van der Waals surface area contributed by atoms with E-state index in [-0.39, 0.29) is 23.5 Å². The van der Waals surface area contributed by atoms with E-state index < -0.39 is 0 Å². The standard InChI is InChI=1S/C35H36O6/c1-3-7-33-31(5-1)32-6-2-4-8-34(32)35(33,25-9-13-27(14-10-25)38-19-17-36-21-29-23-40-29)26-11-15-28(16-12-26)39-20-18-37-22-30-24-41-30/h1-11,13-16,26,29-30H,12,17-24H2. The molecule has 0 N–H and O–H groups in total. The molecule has 3 aromatic rings. The predicted octanol–water partition coefficient (Wildman–Crippen LogP) is 5.69. The molecule has 0 amide bonds. The summed E-state index contributed by atoms with van der Waals surface area (Å²) in [5.74, 6) is 1.97. The normalized spacial score (nSPS) is 22.9. The van der Waals surface area contributed by atoms with E-state index >= 15 is 0 Å². The average Bonchev–Trinajstić information content (AvgIpc) is 3.96. The smallest absolute Gasteiger partial charge is 0.119 e. The molecule has 0 saturated carbocycles. The third-order valence-electron chi connectivity index (χ3n) is 8.33. The van der Waals surface area contributed by atoms with Crippen LogP contribution in [-0.4, -0.2) is 65.1 Å². The van der Waals surface area contributed by atoms with E-state index in [0.29, 0.717) is 39.6 Å². The molecule has 4 aliphatic rings. The first-order chi connectivity index (χ1) is 20.3. The van der Waals surface area contributed by atoms with Gasteiger partial charge in [-0.05, 0) is 64.4 Å². The SMILES string of the molecule is C1=CC(C2(c3ccc(OCCOCC4CO4)cc3)c3ccccc3-c3ccccc32)CC=C1OCCOCC1CO1. The van der Waals surface area contributed by atoms with Crippen molar-refractivity contribution < 1.29 is 28.4 Å². The lowest BCUT2D eigenvalue weighted by Gasteiger charge is -2.40. The van der Waals surface area contributed by atoms with Crippen molar-refractivity contribution in [3.05, 3.63) is 113 Å². The maximum Gasteiger partial charge on any atom is 0.119 e. The largest absolute Gasteiger partial charge is 0.492 e. The van der Waals surface area contributed by atoms with Crippen molar-refractivity contribution in [1.82, 2.24) is 0 Å². The molecule has 6 heteroatoms. The molecule has 3 aromatic carbocycles. The van der Waals surface area contributed by atoms with Crippen molar-refractivity contribution in [2.24, 2.45) is 5.92 Å². The Morgan fingerprint density at radius 2 is 1.27 bits per heavy atom. The Kier molecular flexibility index (Phi) is 7.64. The van der Waals surface area contributed by atoms with E-state index in [2.05, 4.69) is 91.0 Å². The van der Waals surface area contributed by atoms with E-state index in [1.54, 1.807) is 0 Å². The highest BCUT2D eigenvalue weighted by Gasteiger charge is 2.49. The van der Waals surface area contributed by atoms with Crippen LogP contribution in [0.1, 0.15) is 23.1 Å². The lowest BCUT2D eigenvalue weighted by Crippen LogP contribution is -2.35. The molecular weight excluding hydrogens is 516 g/mol. The second kappa shape index (κ2) is 11.8. The molecule has 2 aliphatic carbocycles. The van der Waals surface area contributed by atoms with E-state index in [1.807, 2.05) is 0 Å². The van der Waals surface area contributed by atoms with Crippen LogP contribution in [0.5, 0.6) is 5.75 Å². The molecule has 3 unspecified atom stereocenters. The van der Waals surface area contributed by atoms with E-state index in [1.165, 1.54) is 27.8 Å². The van der Waals surface area contributed by atoms with Gasteiger partial charge in [-0.1, -0.05) is 66.7 Å². The highest BCUT2D eigenvalue weighted by molar-refractivity contribution is 5.84. The molecule has 3 atom stereocenters. The van der Waals surface area contributed by atoms with Gasteiger partial charge in [-0.3, -0.25) is 0 Å². The van der Waals surface area contributed by atoms with Gasteiger partial charge in [-0.15, -0.1) is 0 Å². The Morgan fingerprint density at radius 3 is 1.83 bits per heavy atom. The van der Waals surface area contributed by atoms with Gasteiger partial charge < -0.3 is 28.4 Å². The monoisotopic (exact) mass is 552 g/mol. The fourth-order valence-electron chi connectivity index (χ4n) is 6.23. The Balaban J connectivity index is 1.12. The first-order valence-electron chi connectivity index (χ1n) is 14.6. The topological polar surface area (TPSA) is 62.0 Å². The first kappa shape index (κ1) is 26.5. The average molecular weight is 553 g/mol. The zero-order chi connectivity index (χ0) is 27.5. The number of allylic oxidation sites excluding steroid dienone is 3. The van der Waals surface area contributed by atoms with Crippen LogP contribution in [-0.2, 0) is 29.1 Å². The zero-order valence-electron chi connectivity index (χ0n) is 23.2. The summed E-state index contributed by atoms with van der Waals surface area (Å²) in [4.78, 5) is 0. The fourth-order valence-corrected chi connectivity index (χ4v) is 6.23. The Labute approximate surface area is 241 Å². The van der Waals surface area contributed by atoms with Crippen molar-refractivity contribution in [2.75, 3.05) is 52.9 Å². The Hall–Kier alpha value is -3.42. The number of epoxide rings is 2. The number of hydrogen-bond acceptors (Lipinski definition) is 6. The summed E-state index contributed by atoms with van der Waals surface area (Å²) >= 11 is 0. The second-order valence-electron chi connectivity index (χ2n) is 11.0. The number of fused-ring (bicyclic) bond motifs is 3. The summed E-state index contributed by atoms with van der Waals surface area (Å²) < 4.78 is 33.7. The summed E-state index contributed by atoms with van der Waals surface area (Å²) in [7, 11) is 0. The molecular formula is C35H36O6. The fraction of sp³-hybridized carbons (Fsp3) is 0.371. The van der Waals surface area contributed by atoms with Gasteiger partial charge in [0.1, 0.15) is 36.9 Å². The first-order valence-corrected chi connectivity index (χ1v) is 14.6. The Bertz CT molecular complexity index is 1360. The van der Waals surface area contributed by atoms with Gasteiger partial charge in [-0.2, -0.15) is 0 Å². The quantitative estimate of drug-likeness (QED) is 0.189. The molecule has 2 fully saturated rings. The highest BCUT2D eigenvalue weighted by atomic mass is 16.6. The molecule has 0 spiro atoms. The lowest BCUT2D eigenvalue weighted by molar-refractivity contribution is 0.0688. The molecule has 0 bridgehead atoms. The van der Waals surface area contributed by atoms with Gasteiger partial charge in [0.2, 0.25) is 0 Å². The molecule has 212 valence electrons. The molecule has 6 nitrogen and oxygen atoms in total. The molecule has 7 rings (SSSR count). The van der Waals surface area contributed by atoms with Gasteiger partial charge in [-0.25, -0.2) is 0 Å². The molecule has 2 saturated heterocycles. The van der Waals surface area contributed by atoms with Crippen LogP contribution in [0.2, 0.25) is 0 Å². The van der Waals surface area contributed by atoms with Crippen LogP contribution in [0, 0.1) is 5.92 Å². The summed E-state index contributed by atoms with van der Waals surface area (Å²) in [6.45, 7) is 5.07. The third-order valence-corrected chi connectivity index (χ3v) is 8.33. The minimum absolute atomic E-state index is 0.215. The summed E-state index contributed by atoms with van der Waals surface area (Å²) in [6.07, 6.45) is 8.11. The van der Waals surface area contributed by atoms with Crippen molar-refractivity contribution in [3.63, 3.8) is 0 Å². The predicted molar refractivity (Wildman–Crippen MR) is 156 cm³/mol. The van der Waals surface area contributed by atoms with Gasteiger partial charge in [0.15, 0.2) is 0 Å². The van der Waals surface area contributed by atoms with Crippen molar-refractivity contribution in [2.45, 2.75) is 24.0 Å². The molecule has 41 heavy (non-hydrogen) atoms. The van der Waals surface area contributed by atoms with Crippen LogP contribution in [0.3, 0.4) is 0 Å². The van der Waals surface area contributed by atoms with Gasteiger partial charge in [0.05, 0.1) is 45.1 Å². The van der Waals surface area contributed by atoms with Gasteiger partial charge in [0, 0.05) is 0 Å². The summed E-state index contributed by atoms with van der Waals surface area (Å²) in [5.41, 5.74) is 6.22. The highest BCUT2D eigenvalue weighted by Crippen LogP contribution is 2.58. The number of rotatable bonds is 14. The van der Waals surface area contributed by atoms with Crippen molar-refractivity contribution >= 4 is 0 Å². The lowest BCUT2D eigenvalue weighted by atomic mass is 9.62. The van der Waals surface area contributed by atoms with Crippen LogP contribution in [0.25, 0.3) is 11.1 Å². The van der Waals surface area contributed by atoms with Crippen LogP contribution in [0.4, 0.5) is 0 Å². The maximum absolute atomic E-state index is 6.04. The number of hydrogen-bond donors (Lipinski definition) is 0. The Morgan fingerprint density at radius 1 is 0.683 bits per heavy atom. The number of benzene rings is 3. The van der Waals surface area contributed by atoms with Crippen LogP contribution in [0.15, 0.2) is 96.8 Å². The van der Waals surface area contributed by atoms with Crippen molar-refractivity contribution in [1.29, 1.82) is 0 Å². The van der Waals surface area contributed by atoms with Gasteiger partial charge >= 0.3 is 0 Å². The van der Waals surface area contributed by atoms with Crippen LogP contribution < -0.4 is 4.74 Å². The molecule has 2 heterocycles. The van der Waals surface area contributed by atoms with E-state index in [0.717, 1.165) is 31.1 Å². The van der Waals surface area contributed by atoms with Crippen LogP contribution >= 0.6 is 0 Å². The van der Waals surface area contributed by atoms with E-state index in [4.69, 9.17) is 28.4 Å². The summed E-state index contributed by atoms with van der Waals surface area (Å²) in [6, 6.07) is 26.3. The third kappa shape index (κ3) is 5.57. The molecule has 0 radical (unpaired) electrons. The second-order valence-corrected chi connectivity index (χ2v) is 11.0. The van der Waals surface area contributed by atoms with Crippen molar-refractivity contribution in [3.8, 4) is 16.9 Å².